The van der Waals surface area contributed by atoms with Gasteiger partial charge in [-0.2, -0.15) is 0 Å². The van der Waals surface area contributed by atoms with E-state index in [0.29, 0.717) is 13.1 Å². The van der Waals surface area contributed by atoms with Gasteiger partial charge in [0, 0.05) is 13.1 Å². The lowest BCUT2D eigenvalue weighted by Crippen LogP contribution is -2.42. The molecular formula is C23H23FN2O3S. The van der Waals surface area contributed by atoms with Gasteiger partial charge in [0.15, 0.2) is 0 Å². The Balaban J connectivity index is 1.88. The van der Waals surface area contributed by atoms with Gasteiger partial charge in [-0.15, -0.1) is 0 Å². The molecule has 0 aliphatic rings. The normalized spacial score (nSPS) is 11.1. The number of sulfonamides is 1. The van der Waals surface area contributed by atoms with Crippen LogP contribution in [0.1, 0.15) is 11.1 Å². The summed E-state index contributed by atoms with van der Waals surface area (Å²) in [5, 5.41) is 0. The van der Waals surface area contributed by atoms with Gasteiger partial charge in [0.1, 0.15) is 12.4 Å². The molecule has 0 aliphatic heterocycles. The molecule has 0 aromatic heterocycles. The second-order valence-electron chi connectivity index (χ2n) is 6.97. The van der Waals surface area contributed by atoms with Crippen LogP contribution < -0.4 is 4.31 Å². The van der Waals surface area contributed by atoms with Gasteiger partial charge in [-0.25, -0.2) is 12.8 Å². The fourth-order valence-electron chi connectivity index (χ4n) is 3.09. The zero-order valence-electron chi connectivity index (χ0n) is 16.6. The molecule has 156 valence electrons. The highest BCUT2D eigenvalue weighted by Crippen LogP contribution is 2.20. The summed E-state index contributed by atoms with van der Waals surface area (Å²) in [5.41, 5.74) is 1.97. The van der Waals surface area contributed by atoms with Crippen LogP contribution in [0, 0.1) is 5.82 Å². The summed E-state index contributed by atoms with van der Waals surface area (Å²) in [6, 6.07) is 24.2. The number of nitrogens with zero attached hydrogens (tertiary/aromatic N) is 2. The van der Waals surface area contributed by atoms with Gasteiger partial charge in [0.2, 0.25) is 15.9 Å². The Morgan fingerprint density at radius 1 is 0.833 bits per heavy atom. The van der Waals surface area contributed by atoms with Crippen molar-refractivity contribution in [1.82, 2.24) is 4.90 Å². The van der Waals surface area contributed by atoms with Crippen LogP contribution in [0.15, 0.2) is 84.9 Å². The zero-order valence-corrected chi connectivity index (χ0v) is 17.4. The number of carbonyl (C=O) groups is 1. The number of hydrogen-bond donors (Lipinski definition) is 0. The van der Waals surface area contributed by atoms with Crippen molar-refractivity contribution in [3.8, 4) is 0 Å². The Kier molecular flexibility index (Phi) is 6.84. The topological polar surface area (TPSA) is 57.7 Å². The van der Waals surface area contributed by atoms with Crippen LogP contribution in [0.2, 0.25) is 0 Å². The van der Waals surface area contributed by atoms with Crippen LogP contribution >= 0.6 is 0 Å². The summed E-state index contributed by atoms with van der Waals surface area (Å²) in [7, 11) is -3.79. The van der Waals surface area contributed by atoms with Crippen LogP contribution in [-0.2, 0) is 27.9 Å². The van der Waals surface area contributed by atoms with Crippen molar-refractivity contribution in [2.24, 2.45) is 0 Å². The minimum atomic E-state index is -3.79. The van der Waals surface area contributed by atoms with Crippen LogP contribution in [0.5, 0.6) is 0 Å². The van der Waals surface area contributed by atoms with Gasteiger partial charge in [-0.05, 0) is 29.3 Å². The van der Waals surface area contributed by atoms with Gasteiger partial charge in [0.25, 0.3) is 0 Å². The smallest absolute Gasteiger partial charge is 0.243 e. The molecule has 3 aromatic carbocycles. The Labute approximate surface area is 176 Å². The maximum atomic E-state index is 13.7. The first-order valence-corrected chi connectivity index (χ1v) is 11.3. The molecule has 7 heteroatoms. The van der Waals surface area contributed by atoms with Crippen LogP contribution in [-0.4, -0.2) is 32.0 Å². The number of benzene rings is 3. The molecule has 0 atom stereocenters. The van der Waals surface area contributed by atoms with Gasteiger partial charge in [-0.3, -0.25) is 9.10 Å². The first-order chi connectivity index (χ1) is 14.3. The molecule has 1 amide bonds. The molecule has 3 rings (SSSR count). The molecule has 0 fully saturated rings. The molecule has 0 saturated carbocycles. The molecule has 0 unspecified atom stereocenters. The zero-order chi connectivity index (χ0) is 21.6. The molecule has 0 heterocycles. The Morgan fingerprint density at radius 2 is 1.37 bits per heavy atom. The summed E-state index contributed by atoms with van der Waals surface area (Å²) in [5.74, 6) is -0.948. The predicted octanol–water partition coefficient (Wildman–Crippen LogP) is 3.82. The number of amides is 1. The third-order valence-corrected chi connectivity index (χ3v) is 5.70. The van der Waals surface area contributed by atoms with Crippen molar-refractivity contribution < 1.29 is 17.6 Å². The first-order valence-electron chi connectivity index (χ1n) is 9.42. The van der Waals surface area contributed by atoms with E-state index in [0.717, 1.165) is 27.8 Å². The highest BCUT2D eigenvalue weighted by Gasteiger charge is 2.24. The van der Waals surface area contributed by atoms with Crippen molar-refractivity contribution in [2.75, 3.05) is 17.1 Å². The van der Waals surface area contributed by atoms with E-state index in [1.165, 1.54) is 18.2 Å². The molecule has 5 nitrogen and oxygen atoms in total. The number of rotatable bonds is 8. The predicted molar refractivity (Wildman–Crippen MR) is 116 cm³/mol. The summed E-state index contributed by atoms with van der Waals surface area (Å²) < 4.78 is 39.3. The molecule has 30 heavy (non-hydrogen) atoms. The summed E-state index contributed by atoms with van der Waals surface area (Å²) in [6.45, 7) is 0.243. The summed E-state index contributed by atoms with van der Waals surface area (Å²) in [4.78, 5) is 14.8. The average Bonchev–Trinajstić information content (AvgIpc) is 2.72. The molecule has 0 bridgehead atoms. The molecule has 0 N–H and O–H groups in total. The van der Waals surface area contributed by atoms with E-state index in [2.05, 4.69) is 0 Å². The number of hydrogen-bond acceptors (Lipinski definition) is 3. The molecule has 3 aromatic rings. The van der Waals surface area contributed by atoms with E-state index in [1.807, 2.05) is 60.7 Å². The third-order valence-electron chi connectivity index (χ3n) is 4.56. The largest absolute Gasteiger partial charge is 0.332 e. The van der Waals surface area contributed by atoms with Gasteiger partial charge < -0.3 is 4.90 Å². The van der Waals surface area contributed by atoms with E-state index in [1.54, 1.807) is 4.90 Å². The second kappa shape index (κ2) is 9.54. The molecule has 0 saturated heterocycles. The summed E-state index contributed by atoms with van der Waals surface area (Å²) >= 11 is 0. The quantitative estimate of drug-likeness (QED) is 0.550. The number of carbonyl (C=O) groups excluding carboxylic acids is 1. The van der Waals surface area contributed by atoms with Crippen LogP contribution in [0.3, 0.4) is 0 Å². The Hall–Kier alpha value is -3.19. The molecule has 0 aliphatic carbocycles. The van der Waals surface area contributed by atoms with Crippen molar-refractivity contribution in [2.45, 2.75) is 13.1 Å². The van der Waals surface area contributed by atoms with Gasteiger partial charge in [0.05, 0.1) is 11.9 Å². The van der Waals surface area contributed by atoms with Crippen molar-refractivity contribution in [3.05, 3.63) is 102 Å². The second-order valence-corrected chi connectivity index (χ2v) is 8.88. The van der Waals surface area contributed by atoms with E-state index in [-0.39, 0.29) is 11.6 Å². The highest BCUT2D eigenvalue weighted by molar-refractivity contribution is 7.92. The van der Waals surface area contributed by atoms with Gasteiger partial charge in [-0.1, -0.05) is 66.7 Å². The van der Waals surface area contributed by atoms with Crippen molar-refractivity contribution >= 4 is 21.6 Å². The SMILES string of the molecule is CS(=O)(=O)N(CC(=O)N(Cc1ccccc1)Cc1ccccc1)c1cccc(F)c1. The first kappa shape index (κ1) is 21.5. The minimum absolute atomic E-state index is 0.116. The van der Waals surface area contributed by atoms with Gasteiger partial charge >= 0.3 is 0 Å². The molecule has 0 radical (unpaired) electrons. The van der Waals surface area contributed by atoms with Crippen molar-refractivity contribution in [3.63, 3.8) is 0 Å². The average molecular weight is 427 g/mol. The summed E-state index contributed by atoms with van der Waals surface area (Å²) in [6.07, 6.45) is 1.00. The van der Waals surface area contributed by atoms with E-state index >= 15 is 0 Å². The van der Waals surface area contributed by atoms with E-state index in [4.69, 9.17) is 0 Å². The van der Waals surface area contributed by atoms with Crippen molar-refractivity contribution in [1.29, 1.82) is 0 Å². The maximum Gasteiger partial charge on any atom is 0.243 e. The monoisotopic (exact) mass is 426 g/mol. The fraction of sp³-hybridized carbons (Fsp3) is 0.174. The Morgan fingerprint density at radius 3 is 1.83 bits per heavy atom. The molecule has 0 spiro atoms. The lowest BCUT2D eigenvalue weighted by Gasteiger charge is -2.28. The lowest BCUT2D eigenvalue weighted by molar-refractivity contribution is -0.130. The van der Waals surface area contributed by atoms with E-state index < -0.39 is 22.4 Å². The van der Waals surface area contributed by atoms with Crippen LogP contribution in [0.4, 0.5) is 10.1 Å². The number of halogens is 1. The number of anilines is 1. The highest BCUT2D eigenvalue weighted by atomic mass is 32.2. The third kappa shape index (κ3) is 5.90. The standard InChI is InChI=1S/C23H23FN2O3S/c1-30(28,29)26(22-14-8-13-21(24)15-22)18-23(27)25(16-19-9-4-2-5-10-19)17-20-11-6-3-7-12-20/h2-15H,16-18H2,1H3. The lowest BCUT2D eigenvalue weighted by atomic mass is 10.1. The minimum Gasteiger partial charge on any atom is -0.332 e. The Bertz CT molecular complexity index is 1050. The fourth-order valence-corrected chi connectivity index (χ4v) is 3.94. The van der Waals surface area contributed by atoms with Crippen LogP contribution in [0.25, 0.3) is 0 Å². The van der Waals surface area contributed by atoms with E-state index in [9.17, 15) is 17.6 Å². The molecular weight excluding hydrogens is 403 g/mol. The maximum absolute atomic E-state index is 13.7.